The van der Waals surface area contributed by atoms with E-state index >= 15 is 0 Å². The van der Waals surface area contributed by atoms with Crippen molar-refractivity contribution in [3.8, 4) is 0 Å². The third kappa shape index (κ3) is 2.04. The first-order chi connectivity index (χ1) is 14.4. The molecule has 1 fully saturated rings. The molecular weight excluding hydrogens is 295 g/mol. The zero-order chi connectivity index (χ0) is 25.8. The smallest absolute Gasteiger partial charge is 0.399 e. The summed E-state index contributed by atoms with van der Waals surface area (Å²) < 4.78 is 88.0. The zero-order valence-electron chi connectivity index (χ0n) is 24.6. The van der Waals surface area contributed by atoms with Crippen LogP contribution in [-0.2, 0) is 20.1 Å². The Hall–Kier alpha value is -0.795. The Labute approximate surface area is 161 Å². The van der Waals surface area contributed by atoms with Gasteiger partial charge in [-0.05, 0) is 60.5 Å². The summed E-state index contributed by atoms with van der Waals surface area (Å²) >= 11 is 0. The molecule has 0 N–H and O–H groups in total. The average molecular weight is 337 g/mol. The van der Waals surface area contributed by atoms with Crippen molar-refractivity contribution >= 4 is 12.6 Å². The monoisotopic (exact) mass is 337 g/mol. The minimum absolute atomic E-state index is 0.00154. The van der Waals surface area contributed by atoms with Gasteiger partial charge in [0, 0.05) is 12.3 Å². The van der Waals surface area contributed by atoms with E-state index < -0.39 is 55.1 Å². The first kappa shape index (κ1) is 9.78. The molecule has 0 amide bonds. The molecule has 0 spiro atoms. The summed E-state index contributed by atoms with van der Waals surface area (Å²) in [7, 11) is -0.853. The van der Waals surface area contributed by atoms with Crippen LogP contribution in [-0.4, -0.2) is 18.3 Å². The fourth-order valence-corrected chi connectivity index (χ4v) is 3.55. The first-order valence-corrected chi connectivity index (χ1v) is 8.41. The van der Waals surface area contributed by atoms with Crippen LogP contribution in [0.2, 0.25) is 0 Å². The third-order valence-electron chi connectivity index (χ3n) is 6.65. The second-order valence-electron chi connectivity index (χ2n) is 8.89. The molecule has 0 saturated carbocycles. The summed E-state index contributed by atoms with van der Waals surface area (Å²) in [5, 5.41) is 0. The summed E-state index contributed by atoms with van der Waals surface area (Å²) in [6, 6.07) is 4.83. The van der Waals surface area contributed by atoms with Gasteiger partial charge in [0.25, 0.3) is 0 Å². The largest absolute Gasteiger partial charge is 0.494 e. The second kappa shape index (κ2) is 4.68. The molecule has 3 rings (SSSR count). The van der Waals surface area contributed by atoms with Crippen molar-refractivity contribution in [2.75, 3.05) is 0 Å². The maximum absolute atomic E-state index is 8.44. The average Bonchev–Trinajstić information content (AvgIpc) is 2.88. The van der Waals surface area contributed by atoms with E-state index in [0.717, 1.165) is 0 Å². The van der Waals surface area contributed by atoms with Gasteiger partial charge in [0.1, 0.15) is 0 Å². The van der Waals surface area contributed by atoms with Crippen molar-refractivity contribution < 1.29 is 21.6 Å². The SMILES string of the molecule is [2H]C([2H])([2H])C1(C)C(C)(C)c2ccc(B3OC(C)(C)C(C)(C)O3)cc2C1(C([2H])([2H])[2H])C([2H])([2H])[2H]. The molecule has 1 aliphatic heterocycles. The number of hydrogen-bond acceptors (Lipinski definition) is 2. The van der Waals surface area contributed by atoms with Gasteiger partial charge in [-0.1, -0.05) is 59.5 Å². The molecular formula is C21H33BO2. The quantitative estimate of drug-likeness (QED) is 0.698. The van der Waals surface area contributed by atoms with Gasteiger partial charge in [0.05, 0.1) is 11.2 Å². The Balaban J connectivity index is 2.41. The van der Waals surface area contributed by atoms with Crippen LogP contribution in [0, 0.1) is 5.41 Å². The fourth-order valence-electron chi connectivity index (χ4n) is 3.55. The molecule has 1 unspecified atom stereocenters. The van der Waals surface area contributed by atoms with Crippen molar-refractivity contribution in [1.82, 2.24) is 0 Å². The Morgan fingerprint density at radius 2 is 1.38 bits per heavy atom. The highest BCUT2D eigenvalue weighted by atomic mass is 16.7. The fraction of sp³-hybridized carbons (Fsp3) is 0.714. The van der Waals surface area contributed by atoms with Crippen LogP contribution < -0.4 is 5.46 Å². The maximum Gasteiger partial charge on any atom is 0.494 e. The lowest BCUT2D eigenvalue weighted by molar-refractivity contribution is 0.00578. The molecule has 1 aromatic rings. The molecule has 1 aliphatic carbocycles. The number of rotatable bonds is 1. The van der Waals surface area contributed by atoms with Crippen LogP contribution in [0.1, 0.15) is 92.5 Å². The molecule has 24 heavy (non-hydrogen) atoms. The molecule has 2 aliphatic rings. The van der Waals surface area contributed by atoms with E-state index in [2.05, 4.69) is 0 Å². The predicted octanol–water partition coefficient (Wildman–Crippen LogP) is 4.58. The molecule has 0 aromatic heterocycles. The van der Waals surface area contributed by atoms with Crippen LogP contribution in [0.4, 0.5) is 0 Å². The van der Waals surface area contributed by atoms with Crippen LogP contribution in [0.25, 0.3) is 0 Å². The van der Waals surface area contributed by atoms with Gasteiger partial charge in [-0.2, -0.15) is 0 Å². The topological polar surface area (TPSA) is 18.5 Å². The predicted molar refractivity (Wildman–Crippen MR) is 102 cm³/mol. The molecule has 1 atom stereocenters. The molecule has 0 bridgehead atoms. The first-order valence-electron chi connectivity index (χ1n) is 12.9. The van der Waals surface area contributed by atoms with E-state index in [1.54, 1.807) is 26.0 Å². The lowest BCUT2D eigenvalue weighted by Crippen LogP contribution is -2.42. The third-order valence-corrected chi connectivity index (χ3v) is 6.65. The molecule has 1 heterocycles. The van der Waals surface area contributed by atoms with Crippen LogP contribution in [0.5, 0.6) is 0 Å². The van der Waals surface area contributed by atoms with Crippen LogP contribution >= 0.6 is 0 Å². The van der Waals surface area contributed by atoms with Gasteiger partial charge >= 0.3 is 7.12 Å². The summed E-state index contributed by atoms with van der Waals surface area (Å²) in [6.07, 6.45) is 0. The number of hydrogen-bond donors (Lipinski definition) is 0. The highest BCUT2D eigenvalue weighted by Crippen LogP contribution is 2.61. The van der Waals surface area contributed by atoms with Crippen molar-refractivity contribution in [2.24, 2.45) is 5.41 Å². The van der Waals surface area contributed by atoms with Gasteiger partial charge in [-0.25, -0.2) is 0 Å². The van der Waals surface area contributed by atoms with Gasteiger partial charge < -0.3 is 9.31 Å². The van der Waals surface area contributed by atoms with Crippen LogP contribution in [0.3, 0.4) is 0 Å². The van der Waals surface area contributed by atoms with E-state index in [0.29, 0.717) is 11.0 Å². The Morgan fingerprint density at radius 3 is 1.88 bits per heavy atom. The molecule has 3 heteroatoms. The van der Waals surface area contributed by atoms with Crippen LogP contribution in [0.15, 0.2) is 18.2 Å². The normalized spacial score (nSPS) is 39.1. The molecule has 132 valence electrons. The van der Waals surface area contributed by atoms with Crippen molar-refractivity contribution in [3.05, 3.63) is 29.3 Å². The van der Waals surface area contributed by atoms with Crippen molar-refractivity contribution in [2.45, 2.75) is 91.1 Å². The van der Waals surface area contributed by atoms with E-state index in [1.165, 1.54) is 13.0 Å². The second-order valence-corrected chi connectivity index (χ2v) is 8.89. The summed E-state index contributed by atoms with van der Waals surface area (Å²) in [5.74, 6) is 0. The van der Waals surface area contributed by atoms with Crippen molar-refractivity contribution in [3.63, 3.8) is 0 Å². The summed E-state index contributed by atoms with van der Waals surface area (Å²) in [6.45, 7) is 2.87. The van der Waals surface area contributed by atoms with Gasteiger partial charge in [0.15, 0.2) is 0 Å². The zero-order valence-corrected chi connectivity index (χ0v) is 15.6. The molecule has 0 radical (unpaired) electrons. The Bertz CT molecular complexity index is 930. The highest BCUT2D eigenvalue weighted by Gasteiger charge is 2.57. The van der Waals surface area contributed by atoms with Gasteiger partial charge in [-0.15, -0.1) is 0 Å². The summed E-state index contributed by atoms with van der Waals surface area (Å²) in [4.78, 5) is 0. The molecule has 1 aromatic carbocycles. The van der Waals surface area contributed by atoms with Crippen molar-refractivity contribution in [1.29, 1.82) is 0 Å². The van der Waals surface area contributed by atoms with E-state index in [4.69, 9.17) is 21.6 Å². The lowest BCUT2D eigenvalue weighted by Gasteiger charge is -2.44. The Morgan fingerprint density at radius 1 is 0.792 bits per heavy atom. The molecule has 1 saturated heterocycles. The number of benzene rings is 1. The highest BCUT2D eigenvalue weighted by molar-refractivity contribution is 6.62. The van der Waals surface area contributed by atoms with E-state index in [-0.39, 0.29) is 5.56 Å². The van der Waals surface area contributed by atoms with Gasteiger partial charge in [0.2, 0.25) is 0 Å². The minimum Gasteiger partial charge on any atom is -0.399 e. The molecule has 2 nitrogen and oxygen atoms in total. The number of fused-ring (bicyclic) bond motifs is 1. The maximum atomic E-state index is 8.44. The summed E-state index contributed by atoms with van der Waals surface area (Å²) in [5.41, 5.74) is -6.52. The van der Waals surface area contributed by atoms with Gasteiger partial charge in [-0.3, -0.25) is 0 Å². The minimum atomic E-state index is -3.14. The van der Waals surface area contributed by atoms with E-state index in [9.17, 15) is 0 Å². The standard InChI is InChI=1S/C21H33BO2/c1-17(2)15-12-11-14(13-16(15)18(3,4)19(17,5)6)22-23-20(7,8)21(9,10)24-22/h11-13H,1-10H3/i3D3,4D3,5D3. The van der Waals surface area contributed by atoms with E-state index in [1.807, 2.05) is 27.7 Å². The lowest BCUT2D eigenvalue weighted by atomic mass is 9.59. The Kier molecular flexibility index (Phi) is 1.91.